The maximum Gasteiger partial charge on any atom is 0.184 e. The third-order valence-corrected chi connectivity index (χ3v) is 2.11. The molecule has 0 amide bonds. The molecule has 0 spiro atoms. The third-order valence-electron chi connectivity index (χ3n) is 2.11. The number of nitrogens with zero attached hydrogens (tertiary/aromatic N) is 1. The van der Waals surface area contributed by atoms with Gasteiger partial charge in [-0.05, 0) is 25.1 Å². The van der Waals surface area contributed by atoms with Crippen LogP contribution in [0.4, 0.5) is 14.5 Å². The number of pyridine rings is 1. The van der Waals surface area contributed by atoms with Crippen LogP contribution in [-0.4, -0.2) is 4.98 Å². The van der Waals surface area contributed by atoms with Crippen LogP contribution in [0, 0.1) is 18.6 Å². The highest BCUT2D eigenvalue weighted by molar-refractivity contribution is 5.82. The Morgan fingerprint density at radius 3 is 2.71 bits per heavy atom. The van der Waals surface area contributed by atoms with Gasteiger partial charge in [0.15, 0.2) is 11.6 Å². The number of halogens is 2. The molecule has 0 unspecified atom stereocenters. The van der Waals surface area contributed by atoms with Crippen LogP contribution in [0.1, 0.15) is 5.69 Å². The first-order valence-corrected chi connectivity index (χ1v) is 4.10. The number of rotatable bonds is 0. The van der Waals surface area contributed by atoms with Crippen molar-refractivity contribution in [1.29, 1.82) is 0 Å². The molecular formula is C10H8F2N2. The maximum absolute atomic E-state index is 13.2. The predicted molar refractivity (Wildman–Crippen MR) is 50.8 cm³/mol. The van der Waals surface area contributed by atoms with E-state index in [1.807, 2.05) is 0 Å². The quantitative estimate of drug-likeness (QED) is 0.699. The minimum absolute atomic E-state index is 0.0247. The average Bonchev–Trinajstić information content (AvgIpc) is 2.15. The van der Waals surface area contributed by atoms with E-state index >= 15 is 0 Å². The average molecular weight is 194 g/mol. The highest BCUT2D eigenvalue weighted by Gasteiger charge is 2.09. The Morgan fingerprint density at radius 1 is 1.29 bits per heavy atom. The Morgan fingerprint density at radius 2 is 2.00 bits per heavy atom. The fourth-order valence-electron chi connectivity index (χ4n) is 1.29. The third kappa shape index (κ3) is 1.19. The molecule has 2 aromatic rings. The number of benzene rings is 1. The summed E-state index contributed by atoms with van der Waals surface area (Å²) in [5.41, 5.74) is 6.60. The summed E-state index contributed by atoms with van der Waals surface area (Å²) in [4.78, 5) is 3.90. The lowest BCUT2D eigenvalue weighted by atomic mass is 10.1. The van der Waals surface area contributed by atoms with E-state index in [4.69, 9.17) is 5.73 Å². The molecule has 1 heterocycles. The van der Waals surface area contributed by atoms with Crippen molar-refractivity contribution in [2.45, 2.75) is 6.92 Å². The van der Waals surface area contributed by atoms with Crippen molar-refractivity contribution in [3.05, 3.63) is 35.5 Å². The molecule has 14 heavy (non-hydrogen) atoms. The molecule has 0 atom stereocenters. The summed E-state index contributed by atoms with van der Waals surface area (Å²) in [6.45, 7) is 1.65. The summed E-state index contributed by atoms with van der Waals surface area (Å²) in [6.07, 6.45) is 0. The molecule has 0 aliphatic heterocycles. The zero-order chi connectivity index (χ0) is 10.3. The van der Waals surface area contributed by atoms with E-state index in [1.165, 1.54) is 6.07 Å². The van der Waals surface area contributed by atoms with Crippen molar-refractivity contribution in [2.24, 2.45) is 0 Å². The molecule has 4 heteroatoms. The number of hydrogen-bond donors (Lipinski definition) is 1. The van der Waals surface area contributed by atoms with Crippen LogP contribution in [0.3, 0.4) is 0 Å². The summed E-state index contributed by atoms with van der Waals surface area (Å²) < 4.78 is 26.1. The molecule has 1 aromatic carbocycles. The van der Waals surface area contributed by atoms with Gasteiger partial charge >= 0.3 is 0 Å². The van der Waals surface area contributed by atoms with Gasteiger partial charge in [-0.15, -0.1) is 0 Å². The first-order chi connectivity index (χ1) is 6.59. The molecular weight excluding hydrogens is 186 g/mol. The monoisotopic (exact) mass is 194 g/mol. The van der Waals surface area contributed by atoms with Gasteiger partial charge < -0.3 is 5.73 Å². The van der Waals surface area contributed by atoms with Gasteiger partial charge in [0, 0.05) is 5.39 Å². The van der Waals surface area contributed by atoms with Gasteiger partial charge in [0.25, 0.3) is 0 Å². The largest absolute Gasteiger partial charge is 0.397 e. The minimum atomic E-state index is -0.925. The normalized spacial score (nSPS) is 10.8. The molecule has 0 aliphatic carbocycles. The fraction of sp³-hybridized carbons (Fsp3) is 0.100. The molecule has 0 fully saturated rings. The Kier molecular flexibility index (Phi) is 1.84. The van der Waals surface area contributed by atoms with Crippen LogP contribution in [0.2, 0.25) is 0 Å². The maximum atomic E-state index is 13.2. The van der Waals surface area contributed by atoms with Crippen molar-refractivity contribution in [1.82, 2.24) is 4.98 Å². The molecule has 2 N–H and O–H groups in total. The number of nitrogen functional groups attached to an aromatic ring is 1. The lowest BCUT2D eigenvalue weighted by molar-refractivity contribution is 0.515. The van der Waals surface area contributed by atoms with Crippen molar-refractivity contribution in [3.8, 4) is 0 Å². The number of aromatic nitrogens is 1. The van der Waals surface area contributed by atoms with Crippen LogP contribution in [0.25, 0.3) is 10.9 Å². The van der Waals surface area contributed by atoms with Gasteiger partial charge in [-0.2, -0.15) is 0 Å². The lowest BCUT2D eigenvalue weighted by Crippen LogP contribution is -1.96. The van der Waals surface area contributed by atoms with Gasteiger partial charge in [0.2, 0.25) is 0 Å². The van der Waals surface area contributed by atoms with E-state index in [-0.39, 0.29) is 5.52 Å². The van der Waals surface area contributed by atoms with Gasteiger partial charge in [0.05, 0.1) is 11.4 Å². The lowest BCUT2D eigenvalue weighted by Gasteiger charge is -2.03. The molecule has 0 saturated heterocycles. The van der Waals surface area contributed by atoms with E-state index < -0.39 is 11.6 Å². The van der Waals surface area contributed by atoms with Crippen molar-refractivity contribution in [3.63, 3.8) is 0 Å². The van der Waals surface area contributed by atoms with Crippen LogP contribution in [-0.2, 0) is 0 Å². The highest BCUT2D eigenvalue weighted by Crippen LogP contribution is 2.22. The Hall–Kier alpha value is -1.71. The van der Waals surface area contributed by atoms with Crippen LogP contribution < -0.4 is 5.73 Å². The van der Waals surface area contributed by atoms with Crippen LogP contribution >= 0.6 is 0 Å². The number of aryl methyl sites for hydroxylation is 1. The molecule has 0 bridgehead atoms. The number of hydrogen-bond acceptors (Lipinski definition) is 2. The van der Waals surface area contributed by atoms with E-state index in [2.05, 4.69) is 4.98 Å². The number of nitrogens with two attached hydrogens (primary N) is 1. The molecule has 0 aliphatic rings. The van der Waals surface area contributed by atoms with Gasteiger partial charge in [-0.3, -0.25) is 0 Å². The zero-order valence-corrected chi connectivity index (χ0v) is 7.51. The van der Waals surface area contributed by atoms with E-state index in [9.17, 15) is 8.78 Å². The molecule has 2 nitrogen and oxygen atoms in total. The molecule has 0 radical (unpaired) electrons. The SMILES string of the molecule is Cc1nc2c(F)c(F)ccc2cc1N. The first kappa shape index (κ1) is 8.87. The highest BCUT2D eigenvalue weighted by atomic mass is 19.2. The van der Waals surface area contributed by atoms with Crippen LogP contribution in [0.5, 0.6) is 0 Å². The first-order valence-electron chi connectivity index (χ1n) is 4.10. The second-order valence-corrected chi connectivity index (χ2v) is 3.10. The van der Waals surface area contributed by atoms with E-state index in [0.717, 1.165) is 6.07 Å². The number of fused-ring (bicyclic) bond motifs is 1. The smallest absolute Gasteiger partial charge is 0.184 e. The summed E-state index contributed by atoms with van der Waals surface area (Å²) in [7, 11) is 0. The summed E-state index contributed by atoms with van der Waals surface area (Å²) in [5.74, 6) is -1.82. The van der Waals surface area contributed by atoms with Gasteiger partial charge in [-0.1, -0.05) is 0 Å². The minimum Gasteiger partial charge on any atom is -0.397 e. The topological polar surface area (TPSA) is 38.9 Å². The second kappa shape index (κ2) is 2.90. The molecule has 2 rings (SSSR count). The van der Waals surface area contributed by atoms with Gasteiger partial charge in [0.1, 0.15) is 5.52 Å². The molecule has 72 valence electrons. The van der Waals surface area contributed by atoms with Crippen LogP contribution in [0.15, 0.2) is 18.2 Å². The van der Waals surface area contributed by atoms with Gasteiger partial charge in [-0.25, -0.2) is 13.8 Å². The van der Waals surface area contributed by atoms with E-state index in [1.54, 1.807) is 13.0 Å². The van der Waals surface area contributed by atoms with E-state index in [0.29, 0.717) is 16.8 Å². The Labute approximate surface area is 79.4 Å². The Balaban J connectivity index is 2.89. The summed E-state index contributed by atoms with van der Waals surface area (Å²) in [5, 5.41) is 0.506. The zero-order valence-electron chi connectivity index (χ0n) is 7.51. The van der Waals surface area contributed by atoms with Crippen molar-refractivity contribution >= 4 is 16.6 Å². The van der Waals surface area contributed by atoms with Crippen molar-refractivity contribution in [2.75, 3.05) is 5.73 Å². The number of anilines is 1. The standard InChI is InChI=1S/C10H8F2N2/c1-5-8(13)4-6-2-3-7(11)9(12)10(6)14-5/h2-4H,13H2,1H3. The summed E-state index contributed by atoms with van der Waals surface area (Å²) in [6, 6.07) is 4.10. The Bertz CT molecular complexity index is 509. The second-order valence-electron chi connectivity index (χ2n) is 3.10. The molecule has 0 saturated carbocycles. The predicted octanol–water partition coefficient (Wildman–Crippen LogP) is 2.40. The fourth-order valence-corrected chi connectivity index (χ4v) is 1.29. The van der Waals surface area contributed by atoms with Crippen molar-refractivity contribution < 1.29 is 8.78 Å². The summed E-state index contributed by atoms with van der Waals surface area (Å²) >= 11 is 0. The molecule has 1 aromatic heterocycles.